The maximum Gasteiger partial charge on any atom is 0.0706 e. The van der Waals surface area contributed by atoms with Crippen molar-refractivity contribution in [1.82, 2.24) is 0 Å². The molecule has 1 heteroatoms. The SMILES string of the molecule is CC1(C)CCCC2(C)C3CCC(C31)C2(C)O. The fourth-order valence-corrected chi connectivity index (χ4v) is 5.75. The van der Waals surface area contributed by atoms with Gasteiger partial charge in [-0.15, -0.1) is 0 Å². The van der Waals surface area contributed by atoms with Gasteiger partial charge in [0.2, 0.25) is 0 Å². The molecule has 0 heterocycles. The third-order valence-electron chi connectivity index (χ3n) is 6.77. The number of hydrogen-bond donors (Lipinski definition) is 1. The van der Waals surface area contributed by atoms with Crippen LogP contribution in [0.3, 0.4) is 0 Å². The molecule has 0 saturated heterocycles. The fraction of sp³-hybridized carbons (Fsp3) is 1.00. The van der Waals surface area contributed by atoms with Crippen LogP contribution in [0.4, 0.5) is 0 Å². The van der Waals surface area contributed by atoms with Gasteiger partial charge in [-0.1, -0.05) is 27.2 Å². The predicted molar refractivity (Wildman–Crippen MR) is 66.1 cm³/mol. The highest BCUT2D eigenvalue weighted by atomic mass is 16.3. The van der Waals surface area contributed by atoms with E-state index in [1.54, 1.807) is 0 Å². The Morgan fingerprint density at radius 2 is 1.56 bits per heavy atom. The molecule has 0 aliphatic heterocycles. The van der Waals surface area contributed by atoms with Crippen LogP contribution in [0, 0.1) is 28.6 Å². The number of rotatable bonds is 0. The molecule has 0 radical (unpaired) electrons. The van der Waals surface area contributed by atoms with E-state index >= 15 is 0 Å². The topological polar surface area (TPSA) is 20.2 Å². The van der Waals surface area contributed by atoms with E-state index < -0.39 is 5.60 Å². The molecule has 4 bridgehead atoms. The molecule has 92 valence electrons. The lowest BCUT2D eigenvalue weighted by Crippen LogP contribution is -2.49. The second-order valence-electron chi connectivity index (χ2n) is 7.72. The van der Waals surface area contributed by atoms with Crippen molar-refractivity contribution in [2.24, 2.45) is 28.6 Å². The Morgan fingerprint density at radius 1 is 0.938 bits per heavy atom. The molecule has 5 unspecified atom stereocenters. The van der Waals surface area contributed by atoms with Gasteiger partial charge in [-0.2, -0.15) is 0 Å². The summed E-state index contributed by atoms with van der Waals surface area (Å²) in [7, 11) is 0. The summed E-state index contributed by atoms with van der Waals surface area (Å²) in [6.45, 7) is 9.38. The average Bonchev–Trinajstić information content (AvgIpc) is 2.62. The van der Waals surface area contributed by atoms with Crippen LogP contribution in [0.15, 0.2) is 0 Å². The summed E-state index contributed by atoms with van der Waals surface area (Å²) in [6, 6.07) is 0. The maximum atomic E-state index is 11.0. The summed E-state index contributed by atoms with van der Waals surface area (Å²) >= 11 is 0. The van der Waals surface area contributed by atoms with E-state index in [-0.39, 0.29) is 5.41 Å². The molecular formula is C15H26O. The first-order valence-corrected chi connectivity index (χ1v) is 7.03. The van der Waals surface area contributed by atoms with E-state index in [9.17, 15) is 5.11 Å². The van der Waals surface area contributed by atoms with Gasteiger partial charge in [-0.05, 0) is 61.2 Å². The molecule has 0 spiro atoms. The van der Waals surface area contributed by atoms with Gasteiger partial charge in [0.1, 0.15) is 0 Å². The van der Waals surface area contributed by atoms with E-state index in [0.717, 1.165) is 11.8 Å². The van der Waals surface area contributed by atoms with Crippen molar-refractivity contribution in [2.75, 3.05) is 0 Å². The predicted octanol–water partition coefficient (Wildman–Crippen LogP) is 3.61. The van der Waals surface area contributed by atoms with Gasteiger partial charge in [-0.3, -0.25) is 0 Å². The van der Waals surface area contributed by atoms with Gasteiger partial charge >= 0.3 is 0 Å². The van der Waals surface area contributed by atoms with Crippen molar-refractivity contribution in [3.05, 3.63) is 0 Å². The minimum absolute atomic E-state index is 0.203. The molecule has 0 aromatic rings. The first-order valence-electron chi connectivity index (χ1n) is 7.03. The zero-order valence-electron chi connectivity index (χ0n) is 11.2. The molecule has 3 aliphatic rings. The first-order chi connectivity index (χ1) is 7.31. The molecule has 3 saturated carbocycles. The summed E-state index contributed by atoms with van der Waals surface area (Å²) in [5.41, 5.74) is 0.247. The molecule has 5 atom stereocenters. The van der Waals surface area contributed by atoms with Crippen molar-refractivity contribution < 1.29 is 5.11 Å². The highest BCUT2D eigenvalue weighted by molar-refractivity contribution is 5.18. The fourth-order valence-electron chi connectivity index (χ4n) is 5.75. The molecular weight excluding hydrogens is 196 g/mol. The Kier molecular flexibility index (Phi) is 1.98. The molecule has 0 amide bonds. The van der Waals surface area contributed by atoms with Crippen molar-refractivity contribution in [3.8, 4) is 0 Å². The van der Waals surface area contributed by atoms with Crippen molar-refractivity contribution >= 4 is 0 Å². The van der Waals surface area contributed by atoms with Crippen LogP contribution < -0.4 is 0 Å². The standard InChI is InChI=1S/C15H26O/c1-13(2)8-5-9-14(3)10-6-7-11(12(10)13)15(14,4)16/h10-12,16H,5-9H2,1-4H3. The van der Waals surface area contributed by atoms with Gasteiger partial charge in [-0.25, -0.2) is 0 Å². The highest BCUT2D eigenvalue weighted by Crippen LogP contribution is 2.71. The summed E-state index contributed by atoms with van der Waals surface area (Å²) in [4.78, 5) is 0. The van der Waals surface area contributed by atoms with Crippen LogP contribution in [0.1, 0.15) is 59.8 Å². The molecule has 0 aromatic carbocycles. The van der Waals surface area contributed by atoms with Crippen molar-refractivity contribution in [2.45, 2.75) is 65.4 Å². The Balaban J connectivity index is 2.12. The van der Waals surface area contributed by atoms with E-state index in [2.05, 4.69) is 27.7 Å². The lowest BCUT2D eigenvalue weighted by atomic mass is 9.62. The van der Waals surface area contributed by atoms with E-state index in [1.165, 1.54) is 32.1 Å². The molecule has 3 aliphatic carbocycles. The van der Waals surface area contributed by atoms with E-state index in [0.29, 0.717) is 11.3 Å². The van der Waals surface area contributed by atoms with Gasteiger partial charge in [0.15, 0.2) is 0 Å². The van der Waals surface area contributed by atoms with Gasteiger partial charge in [0, 0.05) is 0 Å². The van der Waals surface area contributed by atoms with Crippen LogP contribution in [0.25, 0.3) is 0 Å². The minimum atomic E-state index is -0.404. The number of aliphatic hydroxyl groups is 1. The van der Waals surface area contributed by atoms with Gasteiger partial charge in [0.25, 0.3) is 0 Å². The quantitative estimate of drug-likeness (QED) is 0.664. The summed E-state index contributed by atoms with van der Waals surface area (Å²) < 4.78 is 0. The molecule has 1 N–H and O–H groups in total. The lowest BCUT2D eigenvalue weighted by Gasteiger charge is -2.46. The smallest absolute Gasteiger partial charge is 0.0706 e. The van der Waals surface area contributed by atoms with Crippen LogP contribution in [-0.4, -0.2) is 10.7 Å². The molecule has 1 nitrogen and oxygen atoms in total. The molecule has 3 rings (SSSR count). The highest BCUT2D eigenvalue weighted by Gasteiger charge is 2.69. The van der Waals surface area contributed by atoms with E-state index in [1.807, 2.05) is 0 Å². The van der Waals surface area contributed by atoms with E-state index in [4.69, 9.17) is 0 Å². The van der Waals surface area contributed by atoms with Crippen molar-refractivity contribution in [3.63, 3.8) is 0 Å². The Labute approximate surface area is 99.6 Å². The van der Waals surface area contributed by atoms with Crippen LogP contribution in [0.2, 0.25) is 0 Å². The monoisotopic (exact) mass is 222 g/mol. The van der Waals surface area contributed by atoms with Gasteiger partial charge < -0.3 is 5.11 Å². The molecule has 0 aromatic heterocycles. The maximum absolute atomic E-state index is 11.0. The summed E-state index contributed by atoms with van der Waals surface area (Å²) in [6.07, 6.45) is 6.53. The largest absolute Gasteiger partial charge is 0.389 e. The summed E-state index contributed by atoms with van der Waals surface area (Å²) in [5.74, 6) is 2.12. The number of hydrogen-bond acceptors (Lipinski definition) is 1. The van der Waals surface area contributed by atoms with Crippen LogP contribution in [-0.2, 0) is 0 Å². The zero-order valence-corrected chi connectivity index (χ0v) is 11.2. The van der Waals surface area contributed by atoms with Gasteiger partial charge in [0.05, 0.1) is 5.60 Å². The molecule has 16 heavy (non-hydrogen) atoms. The van der Waals surface area contributed by atoms with Crippen LogP contribution >= 0.6 is 0 Å². The Bertz CT molecular complexity index is 317. The third kappa shape index (κ3) is 1.02. The minimum Gasteiger partial charge on any atom is -0.389 e. The Hall–Kier alpha value is -0.0400. The second kappa shape index (κ2) is 2.85. The molecule has 3 fully saturated rings. The second-order valence-corrected chi connectivity index (χ2v) is 7.72. The van der Waals surface area contributed by atoms with Crippen LogP contribution in [0.5, 0.6) is 0 Å². The summed E-state index contributed by atoms with van der Waals surface area (Å²) in [5, 5.41) is 11.0. The average molecular weight is 222 g/mol. The van der Waals surface area contributed by atoms with Crippen molar-refractivity contribution in [1.29, 1.82) is 0 Å². The third-order valence-corrected chi connectivity index (χ3v) is 6.77. The first kappa shape index (κ1) is 11.1. The lowest BCUT2D eigenvalue weighted by molar-refractivity contribution is -0.109. The normalized spacial score (nSPS) is 58.7. The zero-order chi connectivity index (χ0) is 11.8. The Morgan fingerprint density at radius 3 is 2.25 bits per heavy atom.